The van der Waals surface area contributed by atoms with Crippen molar-refractivity contribution in [2.45, 2.75) is 18.9 Å². The molecule has 1 rings (SSSR count). The standard InChI is InChI=1S/C10H14N2O2/c1-2-10(12,9(13)14)7-5-3-4-6-8(7)11/h3-6H,2,11-12H2,1H3,(H,13,14). The van der Waals surface area contributed by atoms with Gasteiger partial charge in [-0.1, -0.05) is 25.1 Å². The summed E-state index contributed by atoms with van der Waals surface area (Å²) >= 11 is 0. The van der Waals surface area contributed by atoms with E-state index in [1.807, 2.05) is 0 Å². The molecular formula is C10H14N2O2. The van der Waals surface area contributed by atoms with Gasteiger partial charge in [-0.05, 0) is 12.5 Å². The molecule has 1 aromatic carbocycles. The molecule has 1 atom stereocenters. The van der Waals surface area contributed by atoms with E-state index >= 15 is 0 Å². The second-order valence-electron chi connectivity index (χ2n) is 3.22. The number of benzene rings is 1. The maximum absolute atomic E-state index is 11.0. The molecule has 0 radical (unpaired) electrons. The molecule has 0 fully saturated rings. The second kappa shape index (κ2) is 3.67. The summed E-state index contributed by atoms with van der Waals surface area (Å²) in [6, 6.07) is 6.77. The topological polar surface area (TPSA) is 89.3 Å². The Bertz CT molecular complexity index is 352. The number of para-hydroxylation sites is 1. The van der Waals surface area contributed by atoms with E-state index in [4.69, 9.17) is 16.6 Å². The molecule has 0 saturated carbocycles. The summed E-state index contributed by atoms with van der Waals surface area (Å²) < 4.78 is 0. The second-order valence-corrected chi connectivity index (χ2v) is 3.22. The molecule has 0 aliphatic carbocycles. The number of hydrogen-bond donors (Lipinski definition) is 3. The van der Waals surface area contributed by atoms with Crippen molar-refractivity contribution < 1.29 is 9.90 Å². The van der Waals surface area contributed by atoms with Crippen molar-refractivity contribution in [2.24, 2.45) is 5.73 Å². The van der Waals surface area contributed by atoms with E-state index < -0.39 is 11.5 Å². The van der Waals surface area contributed by atoms with Crippen molar-refractivity contribution in [1.29, 1.82) is 0 Å². The molecule has 14 heavy (non-hydrogen) atoms. The Kier molecular flexibility index (Phi) is 2.76. The first-order chi connectivity index (χ1) is 6.52. The monoisotopic (exact) mass is 194 g/mol. The summed E-state index contributed by atoms with van der Waals surface area (Å²) in [5.41, 5.74) is 11.0. The molecule has 4 nitrogen and oxygen atoms in total. The van der Waals surface area contributed by atoms with Crippen LogP contribution < -0.4 is 11.5 Å². The Balaban J connectivity index is 3.26. The lowest BCUT2D eigenvalue weighted by Crippen LogP contribution is -2.44. The van der Waals surface area contributed by atoms with Crippen molar-refractivity contribution in [2.75, 3.05) is 5.73 Å². The Hall–Kier alpha value is -1.55. The summed E-state index contributed by atoms with van der Waals surface area (Å²) in [4.78, 5) is 11.0. The lowest BCUT2D eigenvalue weighted by Gasteiger charge is -2.24. The minimum absolute atomic E-state index is 0.302. The Labute approximate surface area is 82.5 Å². The van der Waals surface area contributed by atoms with Gasteiger partial charge in [0.15, 0.2) is 0 Å². The Morgan fingerprint density at radius 1 is 1.50 bits per heavy atom. The van der Waals surface area contributed by atoms with E-state index in [1.54, 1.807) is 31.2 Å². The van der Waals surface area contributed by atoms with E-state index in [0.29, 0.717) is 17.7 Å². The number of nitrogens with two attached hydrogens (primary N) is 2. The van der Waals surface area contributed by atoms with E-state index in [0.717, 1.165) is 0 Å². The van der Waals surface area contributed by atoms with Crippen LogP contribution in [0, 0.1) is 0 Å². The molecule has 0 spiro atoms. The van der Waals surface area contributed by atoms with Crippen LogP contribution in [0.1, 0.15) is 18.9 Å². The third-order valence-electron chi connectivity index (χ3n) is 2.38. The lowest BCUT2D eigenvalue weighted by molar-refractivity contribution is -0.143. The van der Waals surface area contributed by atoms with Gasteiger partial charge in [-0.25, -0.2) is 4.79 Å². The first kappa shape index (κ1) is 10.5. The van der Waals surface area contributed by atoms with Gasteiger partial charge in [-0.15, -0.1) is 0 Å². The van der Waals surface area contributed by atoms with Gasteiger partial charge in [0.2, 0.25) is 0 Å². The zero-order chi connectivity index (χ0) is 10.8. The molecule has 0 saturated heterocycles. The number of aliphatic carboxylic acids is 1. The number of carboxylic acids is 1. The van der Waals surface area contributed by atoms with Crippen LogP contribution in [0.3, 0.4) is 0 Å². The maximum atomic E-state index is 11.0. The molecule has 0 aliphatic rings. The van der Waals surface area contributed by atoms with Crippen molar-refractivity contribution in [3.05, 3.63) is 29.8 Å². The molecule has 1 aromatic rings. The molecule has 0 aromatic heterocycles. The molecule has 5 N–H and O–H groups in total. The highest BCUT2D eigenvalue weighted by Crippen LogP contribution is 2.27. The average molecular weight is 194 g/mol. The minimum atomic E-state index is -1.38. The van der Waals surface area contributed by atoms with Gasteiger partial charge in [0, 0.05) is 11.3 Å². The first-order valence-electron chi connectivity index (χ1n) is 4.39. The highest BCUT2D eigenvalue weighted by Gasteiger charge is 2.35. The molecule has 76 valence electrons. The van der Waals surface area contributed by atoms with E-state index in [-0.39, 0.29) is 0 Å². The van der Waals surface area contributed by atoms with Crippen LogP contribution in [0.5, 0.6) is 0 Å². The van der Waals surface area contributed by atoms with Gasteiger partial charge in [0.25, 0.3) is 0 Å². The predicted molar refractivity (Wildman–Crippen MR) is 54.6 cm³/mol. The van der Waals surface area contributed by atoms with Crippen LogP contribution in [0.2, 0.25) is 0 Å². The number of carbonyl (C=O) groups is 1. The van der Waals surface area contributed by atoms with Crippen molar-refractivity contribution in [3.8, 4) is 0 Å². The van der Waals surface area contributed by atoms with Gasteiger partial charge in [0.1, 0.15) is 5.54 Å². The lowest BCUT2D eigenvalue weighted by atomic mass is 9.87. The van der Waals surface area contributed by atoms with Crippen molar-refractivity contribution >= 4 is 11.7 Å². The summed E-state index contributed by atoms with van der Waals surface area (Å²) in [6.45, 7) is 1.72. The molecule has 0 heterocycles. The zero-order valence-corrected chi connectivity index (χ0v) is 8.03. The van der Waals surface area contributed by atoms with Gasteiger partial charge < -0.3 is 16.6 Å². The third-order valence-corrected chi connectivity index (χ3v) is 2.38. The van der Waals surface area contributed by atoms with Crippen LogP contribution in [0.4, 0.5) is 5.69 Å². The van der Waals surface area contributed by atoms with Crippen LogP contribution in [0.25, 0.3) is 0 Å². The van der Waals surface area contributed by atoms with Crippen LogP contribution in [-0.2, 0) is 10.3 Å². The molecule has 0 aliphatic heterocycles. The van der Waals surface area contributed by atoms with E-state index in [2.05, 4.69) is 0 Å². The smallest absolute Gasteiger partial charge is 0.328 e. The molecular weight excluding hydrogens is 180 g/mol. The maximum Gasteiger partial charge on any atom is 0.328 e. The summed E-state index contributed by atoms with van der Waals surface area (Å²) in [6.07, 6.45) is 0.302. The van der Waals surface area contributed by atoms with E-state index in [9.17, 15) is 4.79 Å². The highest BCUT2D eigenvalue weighted by molar-refractivity contribution is 5.82. The molecule has 4 heteroatoms. The fourth-order valence-corrected chi connectivity index (χ4v) is 1.36. The largest absolute Gasteiger partial charge is 0.480 e. The number of anilines is 1. The SMILES string of the molecule is CCC(N)(C(=O)O)c1ccccc1N. The van der Waals surface area contributed by atoms with Crippen molar-refractivity contribution in [1.82, 2.24) is 0 Å². The van der Waals surface area contributed by atoms with Crippen LogP contribution in [0.15, 0.2) is 24.3 Å². The van der Waals surface area contributed by atoms with Crippen LogP contribution >= 0.6 is 0 Å². The predicted octanol–water partition coefficient (Wildman–Crippen LogP) is 0.917. The highest BCUT2D eigenvalue weighted by atomic mass is 16.4. The van der Waals surface area contributed by atoms with Crippen LogP contribution in [-0.4, -0.2) is 11.1 Å². The fourth-order valence-electron chi connectivity index (χ4n) is 1.36. The minimum Gasteiger partial charge on any atom is -0.480 e. The molecule has 1 unspecified atom stereocenters. The first-order valence-corrected chi connectivity index (χ1v) is 4.39. The fraction of sp³-hybridized carbons (Fsp3) is 0.300. The quantitative estimate of drug-likeness (QED) is 0.624. The number of nitrogen functional groups attached to an aromatic ring is 1. The summed E-state index contributed by atoms with van der Waals surface area (Å²) in [7, 11) is 0. The number of carboxylic acid groups (broad SMARTS) is 1. The van der Waals surface area contributed by atoms with Gasteiger partial charge >= 0.3 is 5.97 Å². The average Bonchev–Trinajstić information content (AvgIpc) is 2.17. The number of hydrogen-bond acceptors (Lipinski definition) is 3. The summed E-state index contributed by atoms with van der Waals surface area (Å²) in [5, 5.41) is 9.03. The Morgan fingerprint density at radius 2 is 2.07 bits per heavy atom. The Morgan fingerprint density at radius 3 is 2.50 bits per heavy atom. The number of rotatable bonds is 3. The van der Waals surface area contributed by atoms with Gasteiger partial charge in [-0.3, -0.25) is 0 Å². The van der Waals surface area contributed by atoms with Crippen molar-refractivity contribution in [3.63, 3.8) is 0 Å². The van der Waals surface area contributed by atoms with Gasteiger partial charge in [0.05, 0.1) is 0 Å². The zero-order valence-electron chi connectivity index (χ0n) is 8.03. The van der Waals surface area contributed by atoms with E-state index in [1.165, 1.54) is 0 Å². The summed E-state index contributed by atoms with van der Waals surface area (Å²) in [5.74, 6) is -1.06. The molecule has 0 amide bonds. The normalized spacial score (nSPS) is 14.7. The van der Waals surface area contributed by atoms with Gasteiger partial charge in [-0.2, -0.15) is 0 Å². The molecule has 0 bridgehead atoms. The third kappa shape index (κ3) is 1.56.